The highest BCUT2D eigenvalue weighted by atomic mass is 35.5. The number of sulfonamides is 1. The highest BCUT2D eigenvalue weighted by Crippen LogP contribution is 2.44. The number of nitrogen functional groups attached to an aromatic ring is 1. The van der Waals surface area contributed by atoms with Gasteiger partial charge < -0.3 is 16.2 Å². The summed E-state index contributed by atoms with van der Waals surface area (Å²) >= 11 is 12.5. The summed E-state index contributed by atoms with van der Waals surface area (Å²) in [5, 5.41) is 12.7. The molecule has 16 heteroatoms. The molecule has 0 aliphatic carbocycles. The molecular formula is C30H32Cl2N8O5S. The van der Waals surface area contributed by atoms with Crippen molar-refractivity contribution in [1.82, 2.24) is 29.6 Å². The number of fused-ring (bicyclic) bond motifs is 1. The van der Waals surface area contributed by atoms with Crippen LogP contribution in [0.15, 0.2) is 66.2 Å². The number of imidazole rings is 1. The largest absolute Gasteiger partial charge is 0.389 e. The van der Waals surface area contributed by atoms with Gasteiger partial charge in [0.25, 0.3) is 15.9 Å². The standard InChI is InChI=1S/C30H32Cl2N8O5S/c1-17(26(41)36-15-29(2,3)43)38-46(44,45)24-14-35-28-39(22-10-20(31)9-21(32)11-22)27(42)30(4,40(24)28)12-18-5-7-19(8-6-18)23-13-34-16-37-25(23)33/h5-11,13-14,16-17,38,43H,12,15H2,1-4H3,(H,36,41)(H2,33,34,37). The highest BCUT2D eigenvalue weighted by molar-refractivity contribution is 7.89. The molecule has 5 rings (SSSR count). The summed E-state index contributed by atoms with van der Waals surface area (Å²) < 4.78 is 31.3. The fraction of sp³-hybridized carbons (Fsp3) is 0.300. The zero-order valence-corrected chi connectivity index (χ0v) is 27.7. The number of hydrogen-bond acceptors (Lipinski definition) is 9. The van der Waals surface area contributed by atoms with Crippen LogP contribution in [0, 0.1) is 0 Å². The Morgan fingerprint density at radius 3 is 2.37 bits per heavy atom. The number of nitrogens with one attached hydrogen (secondary N) is 2. The van der Waals surface area contributed by atoms with Crippen LogP contribution in [-0.2, 0) is 31.6 Å². The van der Waals surface area contributed by atoms with Crippen molar-refractivity contribution in [2.24, 2.45) is 0 Å². The van der Waals surface area contributed by atoms with E-state index in [4.69, 9.17) is 28.9 Å². The topological polar surface area (TPSA) is 185 Å². The lowest BCUT2D eigenvalue weighted by Gasteiger charge is -2.27. The molecule has 5 N–H and O–H groups in total. The SMILES string of the molecule is CC(NS(=O)(=O)c1cnc2n1C(C)(Cc1ccc(-c3cncnc3N)cc1)C(=O)N2c1cc(Cl)cc(Cl)c1)C(=O)NCC(C)(C)O. The Kier molecular flexibility index (Phi) is 8.87. The van der Waals surface area contributed by atoms with E-state index in [1.165, 1.54) is 54.8 Å². The number of aliphatic hydroxyl groups is 1. The minimum absolute atomic E-state index is 0.0242. The number of nitrogens with zero attached hydrogens (tertiary/aromatic N) is 5. The summed E-state index contributed by atoms with van der Waals surface area (Å²) in [5.74, 6) is -0.794. The maximum Gasteiger partial charge on any atom is 0.260 e. The van der Waals surface area contributed by atoms with Crippen molar-refractivity contribution in [3.05, 3.63) is 76.8 Å². The summed E-state index contributed by atoms with van der Waals surface area (Å²) in [5.41, 5.74) is 5.70. The number of rotatable bonds is 10. The Morgan fingerprint density at radius 1 is 1.11 bits per heavy atom. The highest BCUT2D eigenvalue weighted by Gasteiger charge is 2.52. The van der Waals surface area contributed by atoms with Gasteiger partial charge in [-0.2, -0.15) is 4.72 Å². The zero-order valence-electron chi connectivity index (χ0n) is 25.3. The normalized spacial score (nSPS) is 17.2. The van der Waals surface area contributed by atoms with Crippen molar-refractivity contribution >= 4 is 62.5 Å². The molecule has 3 heterocycles. The van der Waals surface area contributed by atoms with E-state index in [1.807, 2.05) is 12.1 Å². The number of hydrogen-bond donors (Lipinski definition) is 4. The molecule has 2 unspecified atom stereocenters. The summed E-state index contributed by atoms with van der Waals surface area (Å²) in [6, 6.07) is 10.6. The van der Waals surface area contributed by atoms with Crippen molar-refractivity contribution in [3.8, 4) is 11.1 Å². The minimum Gasteiger partial charge on any atom is -0.389 e. The number of carbonyl (C=O) groups is 2. The number of aromatic nitrogens is 4. The van der Waals surface area contributed by atoms with E-state index in [0.29, 0.717) is 22.6 Å². The molecule has 1 aliphatic heterocycles. The first-order chi connectivity index (χ1) is 21.5. The Hall–Kier alpha value is -4.08. The monoisotopic (exact) mass is 686 g/mol. The second kappa shape index (κ2) is 12.3. The lowest BCUT2D eigenvalue weighted by Crippen LogP contribution is -2.49. The van der Waals surface area contributed by atoms with Gasteiger partial charge in [0.2, 0.25) is 11.9 Å². The predicted molar refractivity (Wildman–Crippen MR) is 174 cm³/mol. The quantitative estimate of drug-likeness (QED) is 0.194. The van der Waals surface area contributed by atoms with Gasteiger partial charge in [-0.1, -0.05) is 47.5 Å². The summed E-state index contributed by atoms with van der Waals surface area (Å²) in [7, 11) is -4.43. The van der Waals surface area contributed by atoms with Gasteiger partial charge in [-0.05, 0) is 57.0 Å². The van der Waals surface area contributed by atoms with Gasteiger partial charge in [-0.25, -0.2) is 28.3 Å². The van der Waals surface area contributed by atoms with Crippen molar-refractivity contribution < 1.29 is 23.1 Å². The van der Waals surface area contributed by atoms with Gasteiger partial charge in [0.1, 0.15) is 17.7 Å². The molecule has 4 aromatic rings. The molecule has 2 atom stereocenters. The van der Waals surface area contributed by atoms with Crippen LogP contribution >= 0.6 is 23.2 Å². The number of halogens is 2. The Labute approximate surface area is 275 Å². The molecule has 2 amide bonds. The van der Waals surface area contributed by atoms with Crippen molar-refractivity contribution in [1.29, 1.82) is 0 Å². The molecule has 0 saturated carbocycles. The van der Waals surface area contributed by atoms with Crippen LogP contribution in [0.3, 0.4) is 0 Å². The van der Waals surface area contributed by atoms with Crippen molar-refractivity contribution in [2.45, 2.75) is 56.3 Å². The van der Waals surface area contributed by atoms with E-state index in [2.05, 4.69) is 25.0 Å². The third kappa shape index (κ3) is 6.57. The van der Waals surface area contributed by atoms with E-state index in [1.54, 1.807) is 25.3 Å². The second-order valence-corrected chi connectivity index (χ2v) is 14.4. The maximum absolute atomic E-state index is 14.3. The number of benzene rings is 2. The Balaban J connectivity index is 1.55. The Bertz CT molecular complexity index is 1910. The van der Waals surface area contributed by atoms with E-state index >= 15 is 0 Å². The van der Waals surface area contributed by atoms with Gasteiger partial charge in [0.15, 0.2) is 5.03 Å². The Morgan fingerprint density at radius 2 is 1.76 bits per heavy atom. The van der Waals surface area contributed by atoms with E-state index in [9.17, 15) is 23.1 Å². The fourth-order valence-corrected chi connectivity index (χ4v) is 7.11. The smallest absolute Gasteiger partial charge is 0.260 e. The minimum atomic E-state index is -4.43. The molecule has 242 valence electrons. The first-order valence-corrected chi connectivity index (χ1v) is 16.3. The first-order valence-electron chi connectivity index (χ1n) is 14.1. The predicted octanol–water partition coefficient (Wildman–Crippen LogP) is 3.42. The van der Waals surface area contributed by atoms with Gasteiger partial charge in [0, 0.05) is 34.8 Å². The molecule has 0 bridgehead atoms. The van der Waals surface area contributed by atoms with Crippen molar-refractivity contribution in [2.75, 3.05) is 17.2 Å². The average Bonchev–Trinajstić information content (AvgIpc) is 3.49. The third-order valence-electron chi connectivity index (χ3n) is 7.43. The first kappa shape index (κ1) is 33.3. The number of nitrogens with two attached hydrogens (primary N) is 1. The van der Waals surface area contributed by atoms with Crippen LogP contribution in [0.2, 0.25) is 10.0 Å². The van der Waals surface area contributed by atoms with Gasteiger partial charge in [-0.15, -0.1) is 0 Å². The van der Waals surface area contributed by atoms with E-state index in [0.717, 1.165) is 11.8 Å². The van der Waals surface area contributed by atoms with Crippen LogP contribution in [0.5, 0.6) is 0 Å². The number of amides is 2. The molecule has 2 aromatic heterocycles. The van der Waals surface area contributed by atoms with Crippen LogP contribution in [0.1, 0.15) is 33.3 Å². The van der Waals surface area contributed by atoms with Gasteiger partial charge >= 0.3 is 0 Å². The van der Waals surface area contributed by atoms with Crippen molar-refractivity contribution in [3.63, 3.8) is 0 Å². The maximum atomic E-state index is 14.3. The second-order valence-electron chi connectivity index (χ2n) is 11.8. The van der Waals surface area contributed by atoms with E-state index < -0.39 is 39.0 Å². The number of carbonyl (C=O) groups excluding carboxylic acids is 2. The van der Waals surface area contributed by atoms with Crippen LogP contribution in [0.4, 0.5) is 17.5 Å². The summed E-state index contributed by atoms with van der Waals surface area (Å²) in [6.45, 7) is 5.91. The van der Waals surface area contributed by atoms with E-state index in [-0.39, 0.29) is 34.0 Å². The molecular weight excluding hydrogens is 655 g/mol. The molecule has 0 radical (unpaired) electrons. The lowest BCUT2D eigenvalue weighted by atomic mass is 9.91. The molecule has 0 spiro atoms. The lowest BCUT2D eigenvalue weighted by molar-refractivity contribution is -0.124. The van der Waals surface area contributed by atoms with Gasteiger partial charge in [0.05, 0.1) is 23.5 Å². The molecule has 13 nitrogen and oxygen atoms in total. The molecule has 0 fully saturated rings. The molecule has 2 aromatic carbocycles. The fourth-order valence-electron chi connectivity index (χ4n) is 5.19. The van der Waals surface area contributed by atoms with Crippen LogP contribution in [-0.4, -0.2) is 63.0 Å². The summed E-state index contributed by atoms with van der Waals surface area (Å²) in [4.78, 5) is 40.7. The third-order valence-corrected chi connectivity index (χ3v) is 9.36. The van der Waals surface area contributed by atoms with Crippen LogP contribution < -0.4 is 20.7 Å². The van der Waals surface area contributed by atoms with Gasteiger partial charge in [-0.3, -0.25) is 14.2 Å². The van der Waals surface area contributed by atoms with Crippen LogP contribution in [0.25, 0.3) is 11.1 Å². The molecule has 0 saturated heterocycles. The molecule has 46 heavy (non-hydrogen) atoms. The zero-order chi connectivity index (χ0) is 33.6. The summed E-state index contributed by atoms with van der Waals surface area (Å²) in [6.07, 6.45) is 4.14. The molecule has 1 aliphatic rings. The number of anilines is 3. The average molecular weight is 688 g/mol.